The van der Waals surface area contributed by atoms with Crippen LogP contribution in [0.5, 0.6) is 0 Å². The number of hydrogen-bond acceptors (Lipinski definition) is 2. The minimum absolute atomic E-state index is 0. The highest BCUT2D eigenvalue weighted by Crippen LogP contribution is 2.34. The van der Waals surface area contributed by atoms with Crippen LogP contribution >= 0.6 is 24.0 Å². The van der Waals surface area contributed by atoms with Crippen LogP contribution in [0.3, 0.4) is 0 Å². The van der Waals surface area contributed by atoms with Crippen LogP contribution in [0.1, 0.15) is 30.4 Å². The van der Waals surface area contributed by atoms with E-state index in [4.69, 9.17) is 4.74 Å². The third-order valence-corrected chi connectivity index (χ3v) is 4.37. The number of nitrogens with one attached hydrogen (secondary N) is 2. The summed E-state index contributed by atoms with van der Waals surface area (Å²) in [5, 5.41) is 6.37. The third kappa shape index (κ3) is 4.53. The molecule has 0 amide bonds. The van der Waals surface area contributed by atoms with E-state index in [1.165, 1.54) is 6.07 Å². The number of benzene rings is 1. The lowest BCUT2D eigenvalue weighted by Gasteiger charge is -2.22. The molecule has 0 radical (unpaired) electrons. The molecule has 0 aromatic heterocycles. The fourth-order valence-electron chi connectivity index (χ4n) is 3.20. The van der Waals surface area contributed by atoms with E-state index in [1.54, 1.807) is 13.1 Å². The molecule has 2 N–H and O–H groups in total. The summed E-state index contributed by atoms with van der Waals surface area (Å²) in [6, 6.07) is 5.53. The second kappa shape index (κ2) is 7.90. The Balaban J connectivity index is 0.00000208. The van der Waals surface area contributed by atoms with Crippen molar-refractivity contribution in [2.45, 2.75) is 50.2 Å². The Morgan fingerprint density at radius 3 is 2.71 bits per heavy atom. The van der Waals surface area contributed by atoms with E-state index in [2.05, 4.69) is 15.6 Å². The lowest BCUT2D eigenvalue weighted by Crippen LogP contribution is -2.47. The number of hydrogen-bond donors (Lipinski definition) is 2. The van der Waals surface area contributed by atoms with Crippen molar-refractivity contribution in [2.24, 2.45) is 4.99 Å². The Bertz CT molecular complexity index is 594. The highest BCUT2D eigenvalue weighted by molar-refractivity contribution is 14.0. The minimum Gasteiger partial charge on any atom is -0.373 e. The summed E-state index contributed by atoms with van der Waals surface area (Å²) < 4.78 is 43.9. The zero-order valence-corrected chi connectivity index (χ0v) is 15.6. The molecule has 2 aliphatic heterocycles. The molecule has 24 heavy (non-hydrogen) atoms. The summed E-state index contributed by atoms with van der Waals surface area (Å²) in [6.07, 6.45) is -0.664. The van der Waals surface area contributed by atoms with Gasteiger partial charge < -0.3 is 15.4 Å². The average Bonchev–Trinajstić information content (AvgIpc) is 3.13. The van der Waals surface area contributed by atoms with Gasteiger partial charge in [-0.3, -0.25) is 4.99 Å². The average molecular weight is 455 g/mol. The zero-order chi connectivity index (χ0) is 16.4. The molecule has 2 aliphatic rings. The molecule has 0 saturated carbocycles. The smallest absolute Gasteiger partial charge is 0.373 e. The Kier molecular flexibility index (Phi) is 6.35. The van der Waals surface area contributed by atoms with Crippen LogP contribution in [-0.4, -0.2) is 31.3 Å². The largest absolute Gasteiger partial charge is 0.416 e. The van der Waals surface area contributed by atoms with Gasteiger partial charge in [0, 0.05) is 13.6 Å². The summed E-state index contributed by atoms with van der Waals surface area (Å²) in [5.41, 5.74) is -0.0757. The van der Waals surface area contributed by atoms with Crippen LogP contribution in [0.2, 0.25) is 0 Å². The highest BCUT2D eigenvalue weighted by atomic mass is 127. The molecule has 1 aromatic rings. The first-order chi connectivity index (χ1) is 11.0. The predicted octanol–water partition coefficient (Wildman–Crippen LogP) is 3.31. The van der Waals surface area contributed by atoms with Crippen LogP contribution in [0.4, 0.5) is 13.2 Å². The van der Waals surface area contributed by atoms with Gasteiger partial charge in [0.1, 0.15) is 0 Å². The minimum atomic E-state index is -4.32. The fraction of sp³-hybridized carbons (Fsp3) is 0.562. The summed E-state index contributed by atoms with van der Waals surface area (Å²) in [6.45, 7) is 0.283. The molecule has 134 valence electrons. The molecule has 2 bridgehead atoms. The number of ether oxygens (including phenoxy) is 1. The second-order valence-electron chi connectivity index (χ2n) is 5.98. The molecule has 2 fully saturated rings. The maximum Gasteiger partial charge on any atom is 0.416 e. The van der Waals surface area contributed by atoms with Gasteiger partial charge in [-0.2, -0.15) is 13.2 Å². The Morgan fingerprint density at radius 2 is 2.12 bits per heavy atom. The van der Waals surface area contributed by atoms with Crippen molar-refractivity contribution in [1.82, 2.24) is 10.6 Å². The summed E-state index contributed by atoms with van der Waals surface area (Å²) >= 11 is 0. The molecule has 3 rings (SSSR count). The van der Waals surface area contributed by atoms with Gasteiger partial charge >= 0.3 is 6.18 Å². The second-order valence-corrected chi connectivity index (χ2v) is 5.98. The molecule has 3 atom stereocenters. The Morgan fingerprint density at radius 1 is 1.33 bits per heavy atom. The summed E-state index contributed by atoms with van der Waals surface area (Å²) in [4.78, 5) is 4.14. The molecule has 2 heterocycles. The van der Waals surface area contributed by atoms with Gasteiger partial charge in [-0.1, -0.05) is 12.1 Å². The van der Waals surface area contributed by atoms with Gasteiger partial charge in [0.2, 0.25) is 0 Å². The summed E-state index contributed by atoms with van der Waals surface area (Å²) in [7, 11) is 1.65. The third-order valence-electron chi connectivity index (χ3n) is 4.37. The van der Waals surface area contributed by atoms with Gasteiger partial charge in [-0.25, -0.2) is 0 Å². The van der Waals surface area contributed by atoms with Crippen LogP contribution in [0, 0.1) is 0 Å². The predicted molar refractivity (Wildman–Crippen MR) is 96.5 cm³/mol. The van der Waals surface area contributed by atoms with Crippen LogP contribution in [0.15, 0.2) is 29.3 Å². The van der Waals surface area contributed by atoms with Gasteiger partial charge in [-0.15, -0.1) is 24.0 Å². The molecular formula is C16H21F3IN3O. The van der Waals surface area contributed by atoms with Gasteiger partial charge in [0.25, 0.3) is 0 Å². The topological polar surface area (TPSA) is 45.7 Å². The molecule has 4 nitrogen and oxygen atoms in total. The number of halogens is 4. The number of aliphatic imine (C=N–C) groups is 1. The van der Waals surface area contributed by atoms with E-state index in [0.29, 0.717) is 17.6 Å². The number of fused-ring (bicyclic) bond motifs is 2. The Labute approximate surface area is 156 Å². The molecular weight excluding hydrogens is 434 g/mol. The standard InChI is InChI=1S/C16H20F3N3O.HI/c1-20-15(22-13-8-12-5-6-14(13)23-12)21-9-10-3-2-4-11(7-10)16(17,18)19;/h2-4,7,12-14H,5-6,8-9H2,1H3,(H2,20,21,22);1H. The van der Waals surface area contributed by atoms with Crippen LogP contribution in [0.25, 0.3) is 0 Å². The number of guanidine groups is 1. The highest BCUT2D eigenvalue weighted by Gasteiger charge is 2.41. The van der Waals surface area contributed by atoms with E-state index in [1.807, 2.05) is 0 Å². The molecule has 1 aromatic carbocycles. The lowest BCUT2D eigenvalue weighted by atomic mass is 9.96. The SMILES string of the molecule is CN=C(NCc1cccc(C(F)(F)F)c1)NC1CC2CCC1O2.I. The maximum atomic E-state index is 12.7. The van der Waals surface area contributed by atoms with Crippen molar-refractivity contribution in [3.8, 4) is 0 Å². The first-order valence-electron chi connectivity index (χ1n) is 7.74. The number of alkyl halides is 3. The Hall–Kier alpha value is -1.03. The number of rotatable bonds is 3. The van der Waals surface area contributed by atoms with Crippen LogP contribution in [-0.2, 0) is 17.5 Å². The van der Waals surface area contributed by atoms with E-state index in [0.717, 1.165) is 31.4 Å². The first-order valence-corrected chi connectivity index (χ1v) is 7.74. The van der Waals surface area contributed by atoms with E-state index < -0.39 is 11.7 Å². The van der Waals surface area contributed by atoms with Gasteiger partial charge in [0.15, 0.2) is 5.96 Å². The van der Waals surface area contributed by atoms with Crippen LogP contribution < -0.4 is 10.6 Å². The van der Waals surface area contributed by atoms with Crippen molar-refractivity contribution in [2.75, 3.05) is 7.05 Å². The van der Waals surface area contributed by atoms with Crippen molar-refractivity contribution in [3.05, 3.63) is 35.4 Å². The van der Waals surface area contributed by atoms with Gasteiger partial charge in [-0.05, 0) is 37.0 Å². The van der Waals surface area contributed by atoms with Crippen molar-refractivity contribution in [1.29, 1.82) is 0 Å². The van der Waals surface area contributed by atoms with Crippen molar-refractivity contribution in [3.63, 3.8) is 0 Å². The molecule has 0 aliphatic carbocycles. The van der Waals surface area contributed by atoms with E-state index >= 15 is 0 Å². The monoisotopic (exact) mass is 455 g/mol. The zero-order valence-electron chi connectivity index (χ0n) is 13.3. The van der Waals surface area contributed by atoms with Crippen molar-refractivity contribution >= 4 is 29.9 Å². The lowest BCUT2D eigenvalue weighted by molar-refractivity contribution is -0.137. The molecule has 3 unspecified atom stereocenters. The maximum absolute atomic E-state index is 12.7. The molecule has 8 heteroatoms. The van der Waals surface area contributed by atoms with Gasteiger partial charge in [0.05, 0.1) is 23.8 Å². The first kappa shape index (κ1) is 19.3. The summed E-state index contributed by atoms with van der Waals surface area (Å²) in [5.74, 6) is 0.587. The normalized spacial score (nSPS) is 26.2. The molecule has 0 spiro atoms. The van der Waals surface area contributed by atoms with E-state index in [-0.39, 0.29) is 42.7 Å². The number of nitrogens with zero attached hydrogens (tertiary/aromatic N) is 1. The fourth-order valence-corrected chi connectivity index (χ4v) is 3.20. The quantitative estimate of drug-likeness (QED) is 0.418. The molecule has 2 saturated heterocycles. The van der Waals surface area contributed by atoms with Crippen molar-refractivity contribution < 1.29 is 17.9 Å². The van der Waals surface area contributed by atoms with E-state index in [9.17, 15) is 13.2 Å².